The number of benzene rings is 1. The Bertz CT molecular complexity index is 944. The Morgan fingerprint density at radius 3 is 2.80 bits per heavy atom. The van der Waals surface area contributed by atoms with E-state index < -0.39 is 35.3 Å². The summed E-state index contributed by atoms with van der Waals surface area (Å²) < 4.78 is 33.1. The highest BCUT2D eigenvalue weighted by molar-refractivity contribution is 7.98. The highest BCUT2D eigenvalue weighted by Crippen LogP contribution is 2.34. The molecule has 2 unspecified atom stereocenters. The van der Waals surface area contributed by atoms with Crippen molar-refractivity contribution in [3.8, 4) is 5.88 Å². The number of nitrogens with zero attached hydrogens (tertiary/aromatic N) is 3. The molecule has 1 N–H and O–H groups in total. The number of amides is 1. The average molecular weight is 460 g/mol. The van der Waals surface area contributed by atoms with Crippen molar-refractivity contribution in [2.45, 2.75) is 43.8 Å². The van der Waals surface area contributed by atoms with Gasteiger partial charge in [-0.3, -0.25) is 4.84 Å². The first-order valence-electron chi connectivity index (χ1n) is 8.98. The summed E-state index contributed by atoms with van der Waals surface area (Å²) >= 11 is 7.13. The number of rotatable bonds is 5. The fourth-order valence-corrected chi connectivity index (χ4v) is 4.17. The number of hydrogen-bond acceptors (Lipinski definition) is 6. The number of halogens is 3. The van der Waals surface area contributed by atoms with Gasteiger partial charge in [0.25, 0.3) is 0 Å². The molecule has 2 aromatic rings. The van der Waals surface area contributed by atoms with Gasteiger partial charge < -0.3 is 9.84 Å². The zero-order valence-electron chi connectivity index (χ0n) is 16.4. The molecular formula is C19H20ClF2N3O4S. The molecule has 1 amide bonds. The molecule has 162 valence electrons. The molecule has 3 rings (SSSR count). The molecule has 0 bridgehead atoms. The molecule has 0 radical (unpaired) electrons. The molecule has 2 atom stereocenters. The van der Waals surface area contributed by atoms with Gasteiger partial charge in [-0.05, 0) is 11.5 Å². The van der Waals surface area contributed by atoms with E-state index in [2.05, 4.69) is 9.97 Å². The first kappa shape index (κ1) is 22.5. The number of ether oxygens (including phenoxy) is 1. The monoisotopic (exact) mass is 459 g/mol. The lowest BCUT2D eigenvalue weighted by molar-refractivity contribution is -0.120. The fraction of sp³-hybridized carbons (Fsp3) is 0.421. The van der Waals surface area contributed by atoms with Crippen molar-refractivity contribution in [1.29, 1.82) is 0 Å². The minimum absolute atomic E-state index is 0.0207. The summed E-state index contributed by atoms with van der Waals surface area (Å²) in [4.78, 5) is 25.1. The summed E-state index contributed by atoms with van der Waals surface area (Å²) in [6.45, 7) is 5.65. The van der Waals surface area contributed by atoms with Crippen LogP contribution in [-0.2, 0) is 10.6 Å². The number of thioether (sulfide) groups is 1. The van der Waals surface area contributed by atoms with Gasteiger partial charge in [-0.2, -0.15) is 10.0 Å². The highest BCUT2D eigenvalue weighted by Gasteiger charge is 2.47. The van der Waals surface area contributed by atoms with E-state index in [1.165, 1.54) is 18.2 Å². The third-order valence-corrected chi connectivity index (χ3v) is 5.46. The average Bonchev–Trinajstić information content (AvgIpc) is 3.07. The number of hydrogen-bond donors (Lipinski definition) is 1. The quantitative estimate of drug-likeness (QED) is 0.391. The number of aromatic nitrogens is 2. The Balaban J connectivity index is 1.76. The highest BCUT2D eigenvalue weighted by atomic mass is 35.5. The SMILES string of the molecule is CC(C)(C)C1C(Oc2cc(Cl)nc(SCc3cccc(F)c3F)n2)CON1C(=O)O. The third kappa shape index (κ3) is 5.11. The van der Waals surface area contributed by atoms with Crippen molar-refractivity contribution in [3.63, 3.8) is 0 Å². The molecule has 11 heteroatoms. The third-order valence-electron chi connectivity index (χ3n) is 4.37. The van der Waals surface area contributed by atoms with Gasteiger partial charge in [0.1, 0.15) is 23.9 Å². The van der Waals surface area contributed by atoms with Gasteiger partial charge in [0.2, 0.25) is 5.88 Å². The van der Waals surface area contributed by atoms with Crippen molar-refractivity contribution in [3.05, 3.63) is 46.6 Å². The molecule has 1 aromatic carbocycles. The Hall–Kier alpha value is -2.17. The van der Waals surface area contributed by atoms with Crippen molar-refractivity contribution in [2.75, 3.05) is 6.61 Å². The van der Waals surface area contributed by atoms with Crippen LogP contribution in [0, 0.1) is 17.0 Å². The Labute approximate surface area is 181 Å². The van der Waals surface area contributed by atoms with E-state index in [1.54, 1.807) is 0 Å². The molecule has 30 heavy (non-hydrogen) atoms. The van der Waals surface area contributed by atoms with Crippen LogP contribution in [0.3, 0.4) is 0 Å². The van der Waals surface area contributed by atoms with Gasteiger partial charge in [-0.25, -0.2) is 18.6 Å². The minimum atomic E-state index is -1.21. The topological polar surface area (TPSA) is 84.8 Å². The second-order valence-corrected chi connectivity index (χ2v) is 9.01. The van der Waals surface area contributed by atoms with Crippen LogP contribution in [0.4, 0.5) is 13.6 Å². The molecule has 0 spiro atoms. The van der Waals surface area contributed by atoms with Crippen molar-refractivity contribution in [2.24, 2.45) is 5.41 Å². The van der Waals surface area contributed by atoms with E-state index in [0.717, 1.165) is 22.9 Å². The van der Waals surface area contributed by atoms with Gasteiger partial charge in [0.15, 0.2) is 16.8 Å². The zero-order valence-corrected chi connectivity index (χ0v) is 18.0. The Kier molecular flexibility index (Phi) is 6.68. The molecule has 1 fully saturated rings. The van der Waals surface area contributed by atoms with Crippen LogP contribution < -0.4 is 4.74 Å². The summed E-state index contributed by atoms with van der Waals surface area (Å²) in [5.74, 6) is -1.63. The molecule has 1 aliphatic rings. The maximum atomic E-state index is 13.8. The van der Waals surface area contributed by atoms with Crippen LogP contribution in [0.1, 0.15) is 26.3 Å². The van der Waals surface area contributed by atoms with Crippen LogP contribution in [0.25, 0.3) is 0 Å². The van der Waals surface area contributed by atoms with Gasteiger partial charge in [0, 0.05) is 17.4 Å². The van der Waals surface area contributed by atoms with E-state index in [4.69, 9.17) is 21.2 Å². The molecule has 0 aliphatic carbocycles. The summed E-state index contributed by atoms with van der Waals surface area (Å²) in [6.07, 6.45) is -1.83. The number of carbonyl (C=O) groups is 1. The molecular weight excluding hydrogens is 440 g/mol. The zero-order chi connectivity index (χ0) is 22.1. The standard InChI is InChI=1S/C19H20ClF2N3O4S/c1-19(2,3)16-12(8-28-25(16)18(26)27)29-14-7-13(20)23-17(24-14)30-9-10-5-4-6-11(21)15(10)22/h4-7,12,16H,8-9H2,1-3H3,(H,26,27). The normalized spacial score (nSPS) is 19.2. The van der Waals surface area contributed by atoms with E-state index in [-0.39, 0.29) is 34.1 Å². The number of carboxylic acid groups (broad SMARTS) is 1. The van der Waals surface area contributed by atoms with E-state index in [1.807, 2.05) is 20.8 Å². The van der Waals surface area contributed by atoms with Crippen LogP contribution in [0.5, 0.6) is 5.88 Å². The predicted molar refractivity (Wildman–Crippen MR) is 106 cm³/mol. The van der Waals surface area contributed by atoms with Gasteiger partial charge in [-0.15, -0.1) is 0 Å². The first-order valence-corrected chi connectivity index (χ1v) is 10.3. The van der Waals surface area contributed by atoms with Crippen molar-refractivity contribution in [1.82, 2.24) is 15.0 Å². The number of hydroxylamine groups is 2. The molecule has 1 aromatic heterocycles. The molecule has 1 aliphatic heterocycles. The Morgan fingerprint density at radius 2 is 2.13 bits per heavy atom. The Morgan fingerprint density at radius 1 is 1.40 bits per heavy atom. The molecule has 2 heterocycles. The maximum absolute atomic E-state index is 13.8. The van der Waals surface area contributed by atoms with Gasteiger partial charge in [0.05, 0.1) is 0 Å². The van der Waals surface area contributed by atoms with Gasteiger partial charge >= 0.3 is 6.09 Å². The van der Waals surface area contributed by atoms with Crippen LogP contribution in [0.2, 0.25) is 5.15 Å². The molecule has 0 saturated carbocycles. The van der Waals surface area contributed by atoms with Crippen molar-refractivity contribution >= 4 is 29.5 Å². The smallest absolute Gasteiger partial charge is 0.431 e. The lowest BCUT2D eigenvalue weighted by Gasteiger charge is -2.34. The van der Waals surface area contributed by atoms with Crippen LogP contribution >= 0.6 is 23.4 Å². The first-order chi connectivity index (χ1) is 14.1. The van der Waals surface area contributed by atoms with E-state index in [9.17, 15) is 18.7 Å². The summed E-state index contributed by atoms with van der Waals surface area (Å²) in [5.41, 5.74) is -0.303. The summed E-state index contributed by atoms with van der Waals surface area (Å²) in [5, 5.41) is 10.6. The maximum Gasteiger partial charge on any atom is 0.431 e. The second-order valence-electron chi connectivity index (χ2n) is 7.68. The summed E-state index contributed by atoms with van der Waals surface area (Å²) in [6, 6.07) is 4.75. The van der Waals surface area contributed by atoms with Gasteiger partial charge in [-0.1, -0.05) is 56.3 Å². The summed E-state index contributed by atoms with van der Waals surface area (Å²) in [7, 11) is 0. The minimum Gasteiger partial charge on any atom is -0.469 e. The van der Waals surface area contributed by atoms with Crippen LogP contribution in [-0.4, -0.2) is 45.0 Å². The second kappa shape index (κ2) is 8.91. The van der Waals surface area contributed by atoms with Crippen LogP contribution in [0.15, 0.2) is 29.4 Å². The molecule has 1 saturated heterocycles. The van der Waals surface area contributed by atoms with E-state index in [0.29, 0.717) is 0 Å². The lowest BCUT2D eigenvalue weighted by atomic mass is 9.84. The molecule has 7 nitrogen and oxygen atoms in total. The largest absolute Gasteiger partial charge is 0.469 e. The predicted octanol–water partition coefficient (Wildman–Crippen LogP) is 4.79. The lowest BCUT2D eigenvalue weighted by Crippen LogP contribution is -2.48. The van der Waals surface area contributed by atoms with E-state index >= 15 is 0 Å². The fourth-order valence-electron chi connectivity index (χ4n) is 3.12. The van der Waals surface area contributed by atoms with Crippen molar-refractivity contribution < 1.29 is 28.3 Å².